The molecule has 0 spiro atoms. The molecule has 0 radical (unpaired) electrons. The van der Waals surface area contributed by atoms with Gasteiger partial charge in [-0.3, -0.25) is 0 Å². The maximum absolute atomic E-state index is 5.70. The minimum Gasteiger partial charge on any atom is -0.496 e. The van der Waals surface area contributed by atoms with E-state index in [-0.39, 0.29) is 0 Å². The molecule has 0 N–H and O–H groups in total. The van der Waals surface area contributed by atoms with E-state index in [4.69, 9.17) is 4.74 Å². The molecular formula is C26H24O. The van der Waals surface area contributed by atoms with Crippen molar-refractivity contribution in [3.05, 3.63) is 82.9 Å². The summed E-state index contributed by atoms with van der Waals surface area (Å²) in [6.45, 7) is 2.18. The van der Waals surface area contributed by atoms with Crippen LogP contribution in [0.5, 0.6) is 5.75 Å². The fourth-order valence-corrected chi connectivity index (χ4v) is 4.81. The van der Waals surface area contributed by atoms with Crippen molar-refractivity contribution in [3.63, 3.8) is 0 Å². The zero-order valence-electron chi connectivity index (χ0n) is 16.0. The number of aryl methyl sites for hydroxylation is 2. The number of fused-ring (bicyclic) bond motifs is 4. The first kappa shape index (κ1) is 16.4. The summed E-state index contributed by atoms with van der Waals surface area (Å²) in [4.78, 5) is 0. The van der Waals surface area contributed by atoms with Crippen LogP contribution >= 0.6 is 0 Å². The van der Waals surface area contributed by atoms with Crippen molar-refractivity contribution in [2.24, 2.45) is 0 Å². The minimum atomic E-state index is 0.940. The van der Waals surface area contributed by atoms with Crippen LogP contribution in [-0.2, 0) is 6.42 Å². The van der Waals surface area contributed by atoms with E-state index in [9.17, 15) is 0 Å². The van der Waals surface area contributed by atoms with Crippen molar-refractivity contribution in [1.29, 1.82) is 0 Å². The van der Waals surface area contributed by atoms with E-state index in [0.29, 0.717) is 0 Å². The first-order valence-corrected chi connectivity index (χ1v) is 9.85. The third-order valence-electron chi connectivity index (χ3n) is 6.01. The van der Waals surface area contributed by atoms with Crippen molar-refractivity contribution in [3.8, 4) is 16.9 Å². The van der Waals surface area contributed by atoms with Crippen molar-refractivity contribution in [2.75, 3.05) is 7.11 Å². The average molecular weight is 352 g/mol. The van der Waals surface area contributed by atoms with Gasteiger partial charge in [-0.1, -0.05) is 60.2 Å². The van der Waals surface area contributed by atoms with E-state index in [1.807, 2.05) is 6.07 Å². The van der Waals surface area contributed by atoms with Crippen LogP contribution in [0, 0.1) is 6.92 Å². The number of rotatable bonds is 2. The van der Waals surface area contributed by atoms with Crippen molar-refractivity contribution >= 4 is 16.3 Å². The molecule has 0 unspecified atom stereocenters. The summed E-state index contributed by atoms with van der Waals surface area (Å²) in [5.41, 5.74) is 9.80. The Bertz CT molecular complexity index is 1110. The zero-order valence-corrected chi connectivity index (χ0v) is 16.0. The predicted molar refractivity (Wildman–Crippen MR) is 114 cm³/mol. The van der Waals surface area contributed by atoms with Gasteiger partial charge in [0.15, 0.2) is 0 Å². The molecule has 0 aliphatic heterocycles. The van der Waals surface area contributed by atoms with Crippen LogP contribution in [0.3, 0.4) is 0 Å². The fraction of sp³-hybridized carbons (Fsp3) is 0.231. The van der Waals surface area contributed by atoms with E-state index in [1.165, 1.54) is 63.4 Å². The standard InChI is InChI=1S/C26H24O/c1-17-15-19-12-13-21-20-8-4-3-7-18(20)11-14-23(21)26(19)24(16-17)22-9-5-6-10-25(22)27-2/h4-6,8-10,12-13,15-16H,3,7,11,14H2,1-2H3. The van der Waals surface area contributed by atoms with Gasteiger partial charge in [-0.25, -0.2) is 0 Å². The molecule has 0 fully saturated rings. The molecule has 0 bridgehead atoms. The molecule has 2 aliphatic rings. The van der Waals surface area contributed by atoms with Crippen LogP contribution in [-0.4, -0.2) is 7.11 Å². The second-order valence-electron chi connectivity index (χ2n) is 7.66. The Morgan fingerprint density at radius 3 is 2.63 bits per heavy atom. The molecular weight excluding hydrogens is 328 g/mol. The van der Waals surface area contributed by atoms with Crippen LogP contribution in [0.4, 0.5) is 0 Å². The Labute approximate surface area is 161 Å². The predicted octanol–water partition coefficient (Wildman–Crippen LogP) is 6.87. The summed E-state index contributed by atoms with van der Waals surface area (Å²) in [5.74, 6) is 0.940. The number of hydrogen-bond acceptors (Lipinski definition) is 1. The zero-order chi connectivity index (χ0) is 18.4. The van der Waals surface area contributed by atoms with Gasteiger partial charge in [0, 0.05) is 5.56 Å². The van der Waals surface area contributed by atoms with Gasteiger partial charge in [0.25, 0.3) is 0 Å². The Kier molecular flexibility index (Phi) is 3.89. The number of hydrogen-bond donors (Lipinski definition) is 0. The first-order valence-electron chi connectivity index (χ1n) is 9.85. The Hall–Kier alpha value is -2.80. The molecule has 1 heteroatoms. The second kappa shape index (κ2) is 6.42. The van der Waals surface area contributed by atoms with Crippen LogP contribution in [0.25, 0.3) is 27.5 Å². The maximum Gasteiger partial charge on any atom is 0.126 e. The largest absolute Gasteiger partial charge is 0.496 e. The molecule has 3 aromatic rings. The molecule has 1 nitrogen and oxygen atoms in total. The molecule has 0 saturated heterocycles. The lowest BCUT2D eigenvalue weighted by molar-refractivity contribution is 0.416. The highest BCUT2D eigenvalue weighted by Gasteiger charge is 2.22. The van der Waals surface area contributed by atoms with Gasteiger partial charge in [0.1, 0.15) is 5.75 Å². The highest BCUT2D eigenvalue weighted by molar-refractivity contribution is 6.04. The normalized spacial score (nSPS) is 15.6. The summed E-state index contributed by atoms with van der Waals surface area (Å²) >= 11 is 0. The summed E-state index contributed by atoms with van der Waals surface area (Å²) in [6, 6.07) is 17.7. The summed E-state index contributed by atoms with van der Waals surface area (Å²) < 4.78 is 5.70. The average Bonchev–Trinajstić information content (AvgIpc) is 2.72. The SMILES string of the molecule is COc1ccccc1-c1cc(C)cc2ccc3c(c12)CCC1=C3C=CCC1. The van der Waals surface area contributed by atoms with Gasteiger partial charge in [0.2, 0.25) is 0 Å². The molecule has 0 heterocycles. The smallest absolute Gasteiger partial charge is 0.126 e. The maximum atomic E-state index is 5.70. The van der Waals surface area contributed by atoms with E-state index in [1.54, 1.807) is 12.7 Å². The lowest BCUT2D eigenvalue weighted by Gasteiger charge is -2.26. The molecule has 2 aliphatic carbocycles. The van der Waals surface area contributed by atoms with Crippen molar-refractivity contribution in [1.82, 2.24) is 0 Å². The van der Waals surface area contributed by atoms with Gasteiger partial charge in [-0.05, 0) is 77.3 Å². The summed E-state index contributed by atoms with van der Waals surface area (Å²) in [7, 11) is 1.76. The highest BCUT2D eigenvalue weighted by Crippen LogP contribution is 2.44. The molecule has 0 atom stereocenters. The van der Waals surface area contributed by atoms with Crippen LogP contribution < -0.4 is 4.74 Å². The fourth-order valence-electron chi connectivity index (χ4n) is 4.81. The monoisotopic (exact) mass is 352 g/mol. The number of ether oxygens (including phenoxy) is 1. The highest BCUT2D eigenvalue weighted by atomic mass is 16.5. The minimum absolute atomic E-state index is 0.940. The summed E-state index contributed by atoms with van der Waals surface area (Å²) in [5, 5.41) is 2.73. The quantitative estimate of drug-likeness (QED) is 0.489. The lowest BCUT2D eigenvalue weighted by atomic mass is 9.78. The third kappa shape index (κ3) is 2.61. The van der Waals surface area contributed by atoms with Gasteiger partial charge in [-0.2, -0.15) is 0 Å². The van der Waals surface area contributed by atoms with E-state index in [0.717, 1.165) is 12.2 Å². The van der Waals surface area contributed by atoms with Crippen LogP contribution in [0.1, 0.15) is 36.0 Å². The number of allylic oxidation sites excluding steroid dienone is 4. The van der Waals surface area contributed by atoms with Crippen molar-refractivity contribution in [2.45, 2.75) is 32.6 Å². The van der Waals surface area contributed by atoms with Crippen LogP contribution in [0.2, 0.25) is 0 Å². The van der Waals surface area contributed by atoms with Crippen LogP contribution in [0.15, 0.2) is 66.3 Å². The number of methoxy groups -OCH3 is 1. The molecule has 27 heavy (non-hydrogen) atoms. The molecule has 3 aromatic carbocycles. The third-order valence-corrected chi connectivity index (χ3v) is 6.01. The topological polar surface area (TPSA) is 9.23 Å². The van der Waals surface area contributed by atoms with Gasteiger partial charge in [0.05, 0.1) is 7.11 Å². The molecule has 0 amide bonds. The number of para-hydroxylation sites is 1. The lowest BCUT2D eigenvalue weighted by Crippen LogP contribution is -2.07. The molecule has 5 rings (SSSR count). The van der Waals surface area contributed by atoms with E-state index < -0.39 is 0 Å². The second-order valence-corrected chi connectivity index (χ2v) is 7.66. The summed E-state index contributed by atoms with van der Waals surface area (Å²) in [6.07, 6.45) is 9.40. The van der Waals surface area contributed by atoms with Gasteiger partial charge >= 0.3 is 0 Å². The molecule has 134 valence electrons. The van der Waals surface area contributed by atoms with Gasteiger partial charge in [-0.15, -0.1) is 0 Å². The first-order chi connectivity index (χ1) is 13.3. The van der Waals surface area contributed by atoms with E-state index in [2.05, 4.69) is 61.5 Å². The Morgan fingerprint density at radius 1 is 0.852 bits per heavy atom. The Morgan fingerprint density at radius 2 is 1.74 bits per heavy atom. The van der Waals surface area contributed by atoms with E-state index >= 15 is 0 Å². The van der Waals surface area contributed by atoms with Crippen molar-refractivity contribution < 1.29 is 4.74 Å². The number of benzene rings is 3. The van der Waals surface area contributed by atoms with Gasteiger partial charge < -0.3 is 4.74 Å². The Balaban J connectivity index is 1.85. The molecule has 0 aromatic heterocycles. The molecule has 0 saturated carbocycles.